The summed E-state index contributed by atoms with van der Waals surface area (Å²) in [5, 5.41) is 16.5. The molecule has 0 bridgehead atoms. The number of furan rings is 1. The molecule has 2 N–H and O–H groups in total. The number of imide groups is 2. The lowest BCUT2D eigenvalue weighted by atomic mass is 10.1. The third-order valence-electron chi connectivity index (χ3n) is 3.47. The number of nitrogens with zero attached hydrogens (tertiary/aromatic N) is 4. The van der Waals surface area contributed by atoms with E-state index in [9.17, 15) is 14.4 Å². The molecule has 1 saturated heterocycles. The highest BCUT2D eigenvalue weighted by atomic mass is 32.2. The number of carbonyl (C=O) groups is 3. The van der Waals surface area contributed by atoms with Gasteiger partial charge in [-0.05, 0) is 52.5 Å². The molecule has 1 fully saturated rings. The molecule has 1 aliphatic rings. The van der Waals surface area contributed by atoms with Gasteiger partial charge >= 0.3 is 6.03 Å². The highest BCUT2D eigenvalue weighted by Gasteiger charge is 2.28. The summed E-state index contributed by atoms with van der Waals surface area (Å²) in [5.41, 5.74) is 0.564. The SMILES string of the molecule is O=C1NC(=O)C(=Cc2ccc(Sc3nnnn3-c3ccccc3)o2)C(=O)N1. The van der Waals surface area contributed by atoms with Gasteiger partial charge in [0.1, 0.15) is 11.3 Å². The van der Waals surface area contributed by atoms with Crippen LogP contribution in [0.3, 0.4) is 0 Å². The van der Waals surface area contributed by atoms with Crippen molar-refractivity contribution in [1.29, 1.82) is 0 Å². The molecule has 3 heterocycles. The molecular weight excluding hydrogens is 372 g/mol. The number of para-hydroxylation sites is 1. The smallest absolute Gasteiger partial charge is 0.328 e. The van der Waals surface area contributed by atoms with Crippen LogP contribution in [-0.4, -0.2) is 38.1 Å². The van der Waals surface area contributed by atoms with Crippen LogP contribution in [0.15, 0.2) is 62.7 Å². The van der Waals surface area contributed by atoms with E-state index in [2.05, 4.69) is 15.5 Å². The molecule has 0 aliphatic carbocycles. The third kappa shape index (κ3) is 3.48. The average Bonchev–Trinajstić information content (AvgIpc) is 3.29. The Kier molecular flexibility index (Phi) is 4.26. The molecule has 11 heteroatoms. The Morgan fingerprint density at radius 3 is 2.48 bits per heavy atom. The molecule has 0 unspecified atom stereocenters. The van der Waals surface area contributed by atoms with Crippen LogP contribution in [-0.2, 0) is 9.59 Å². The molecule has 1 aromatic carbocycles. The predicted octanol–water partition coefficient (Wildman–Crippen LogP) is 1.16. The van der Waals surface area contributed by atoms with E-state index >= 15 is 0 Å². The minimum absolute atomic E-state index is 0.227. The van der Waals surface area contributed by atoms with E-state index < -0.39 is 17.8 Å². The third-order valence-corrected chi connectivity index (χ3v) is 4.32. The summed E-state index contributed by atoms with van der Waals surface area (Å²) in [6, 6.07) is 11.7. The molecule has 0 saturated carbocycles. The van der Waals surface area contributed by atoms with Gasteiger partial charge in [0.2, 0.25) is 5.16 Å². The van der Waals surface area contributed by atoms with Crippen LogP contribution in [0.1, 0.15) is 5.76 Å². The van der Waals surface area contributed by atoms with E-state index in [1.165, 1.54) is 17.8 Å². The number of barbiturate groups is 1. The maximum Gasteiger partial charge on any atom is 0.328 e. The zero-order valence-corrected chi connectivity index (χ0v) is 14.3. The first-order chi connectivity index (χ1) is 13.1. The highest BCUT2D eigenvalue weighted by Crippen LogP contribution is 2.29. The van der Waals surface area contributed by atoms with Gasteiger partial charge in [-0.1, -0.05) is 18.2 Å². The first kappa shape index (κ1) is 16.7. The minimum Gasteiger partial charge on any atom is -0.450 e. The normalized spacial score (nSPS) is 14.1. The lowest BCUT2D eigenvalue weighted by molar-refractivity contribution is -0.123. The molecule has 2 aromatic heterocycles. The number of amides is 4. The van der Waals surface area contributed by atoms with Crippen LogP contribution in [0.2, 0.25) is 0 Å². The van der Waals surface area contributed by atoms with Crippen LogP contribution in [0.25, 0.3) is 11.8 Å². The second-order valence-electron chi connectivity index (χ2n) is 5.26. The number of carbonyl (C=O) groups excluding carboxylic acids is 3. The van der Waals surface area contributed by atoms with Crippen molar-refractivity contribution in [1.82, 2.24) is 30.8 Å². The lowest BCUT2D eigenvalue weighted by Gasteiger charge is -2.13. The van der Waals surface area contributed by atoms with E-state index in [1.807, 2.05) is 41.0 Å². The fourth-order valence-electron chi connectivity index (χ4n) is 2.28. The van der Waals surface area contributed by atoms with Gasteiger partial charge in [-0.25, -0.2) is 4.79 Å². The average molecular weight is 382 g/mol. The van der Waals surface area contributed by atoms with Gasteiger partial charge in [0.15, 0.2) is 5.09 Å². The van der Waals surface area contributed by atoms with E-state index in [4.69, 9.17) is 4.42 Å². The van der Waals surface area contributed by atoms with E-state index in [-0.39, 0.29) is 11.3 Å². The van der Waals surface area contributed by atoms with Gasteiger partial charge < -0.3 is 4.42 Å². The Hall–Kier alpha value is -3.73. The van der Waals surface area contributed by atoms with Crippen LogP contribution >= 0.6 is 11.8 Å². The maximum absolute atomic E-state index is 11.7. The standard InChI is InChI=1S/C16H10N6O4S/c23-13-11(14(24)18-15(25)17-13)8-10-6-7-12(26-10)27-16-19-20-21-22(16)9-4-2-1-3-5-9/h1-8H,(H2,17,18,23,24,25). The Morgan fingerprint density at radius 2 is 1.74 bits per heavy atom. The van der Waals surface area contributed by atoms with Crippen molar-refractivity contribution in [3.8, 4) is 5.69 Å². The first-order valence-electron chi connectivity index (χ1n) is 7.60. The van der Waals surface area contributed by atoms with Crippen molar-refractivity contribution in [2.75, 3.05) is 0 Å². The lowest BCUT2D eigenvalue weighted by Crippen LogP contribution is -2.51. The van der Waals surface area contributed by atoms with E-state index in [1.54, 1.807) is 16.8 Å². The second-order valence-corrected chi connectivity index (χ2v) is 6.23. The summed E-state index contributed by atoms with van der Waals surface area (Å²) < 4.78 is 7.16. The van der Waals surface area contributed by atoms with Crippen LogP contribution in [0, 0.1) is 0 Å². The molecule has 0 atom stereocenters. The number of hydrogen-bond acceptors (Lipinski definition) is 8. The van der Waals surface area contributed by atoms with Crippen molar-refractivity contribution in [2.24, 2.45) is 0 Å². The number of aromatic nitrogens is 4. The van der Waals surface area contributed by atoms with Crippen LogP contribution < -0.4 is 10.6 Å². The summed E-state index contributed by atoms with van der Waals surface area (Å²) in [7, 11) is 0. The summed E-state index contributed by atoms with van der Waals surface area (Å²) in [4.78, 5) is 34.6. The number of urea groups is 1. The Balaban J connectivity index is 1.56. The highest BCUT2D eigenvalue weighted by molar-refractivity contribution is 7.99. The molecule has 134 valence electrons. The number of tetrazole rings is 1. The summed E-state index contributed by atoms with van der Waals surface area (Å²) >= 11 is 1.18. The summed E-state index contributed by atoms with van der Waals surface area (Å²) in [6.07, 6.45) is 1.25. The number of hydrogen-bond donors (Lipinski definition) is 2. The molecule has 3 aromatic rings. The number of benzene rings is 1. The molecule has 1 aliphatic heterocycles. The van der Waals surface area contributed by atoms with Gasteiger partial charge in [0.25, 0.3) is 11.8 Å². The molecule has 4 amide bonds. The van der Waals surface area contributed by atoms with Gasteiger partial charge in [-0.3, -0.25) is 20.2 Å². The summed E-state index contributed by atoms with van der Waals surface area (Å²) in [6.45, 7) is 0. The van der Waals surface area contributed by atoms with Gasteiger partial charge in [-0.2, -0.15) is 4.68 Å². The number of nitrogens with one attached hydrogen (secondary N) is 2. The van der Waals surface area contributed by atoms with Crippen molar-refractivity contribution in [3.63, 3.8) is 0 Å². The second kappa shape index (κ2) is 6.88. The van der Waals surface area contributed by atoms with Crippen LogP contribution in [0.4, 0.5) is 4.79 Å². The maximum atomic E-state index is 11.7. The van der Waals surface area contributed by atoms with E-state index in [0.29, 0.717) is 10.2 Å². The Morgan fingerprint density at radius 1 is 1.00 bits per heavy atom. The topological polar surface area (TPSA) is 132 Å². The van der Waals surface area contributed by atoms with Gasteiger partial charge in [-0.15, -0.1) is 5.10 Å². The predicted molar refractivity (Wildman–Crippen MR) is 91.6 cm³/mol. The molecule has 27 heavy (non-hydrogen) atoms. The minimum atomic E-state index is -0.856. The summed E-state index contributed by atoms with van der Waals surface area (Å²) in [5.74, 6) is -1.31. The van der Waals surface area contributed by atoms with Gasteiger partial charge in [0.05, 0.1) is 5.69 Å². The quantitative estimate of drug-likeness (QED) is 0.507. The molecular formula is C16H10N6O4S. The van der Waals surface area contributed by atoms with Crippen molar-refractivity contribution in [2.45, 2.75) is 10.2 Å². The fraction of sp³-hybridized carbons (Fsp3) is 0. The van der Waals surface area contributed by atoms with E-state index in [0.717, 1.165) is 5.69 Å². The monoisotopic (exact) mass is 382 g/mol. The largest absolute Gasteiger partial charge is 0.450 e. The Bertz CT molecular complexity index is 1050. The number of rotatable bonds is 4. The van der Waals surface area contributed by atoms with Crippen molar-refractivity contribution in [3.05, 3.63) is 53.8 Å². The zero-order valence-electron chi connectivity index (χ0n) is 13.4. The van der Waals surface area contributed by atoms with Crippen molar-refractivity contribution < 1.29 is 18.8 Å². The zero-order chi connectivity index (χ0) is 18.8. The molecule has 10 nitrogen and oxygen atoms in total. The molecule has 0 radical (unpaired) electrons. The van der Waals surface area contributed by atoms with Crippen LogP contribution in [0.5, 0.6) is 0 Å². The molecule has 4 rings (SSSR count). The molecule has 0 spiro atoms. The van der Waals surface area contributed by atoms with Crippen molar-refractivity contribution >= 4 is 35.7 Å². The first-order valence-corrected chi connectivity index (χ1v) is 8.41. The van der Waals surface area contributed by atoms with Gasteiger partial charge in [0, 0.05) is 0 Å². The fourth-order valence-corrected chi connectivity index (χ4v) is 3.04. The Labute approximate surface area is 155 Å².